The lowest BCUT2D eigenvalue weighted by atomic mass is 10.4. The lowest BCUT2D eigenvalue weighted by Gasteiger charge is -2.14. The van der Waals surface area contributed by atoms with E-state index >= 15 is 0 Å². The van der Waals surface area contributed by atoms with Crippen LogP contribution in [-0.4, -0.2) is 30.6 Å². The molecule has 1 aromatic heterocycles. The molecule has 0 spiro atoms. The third kappa shape index (κ3) is 5.98. The first-order chi connectivity index (χ1) is 8.26. The Bertz CT molecular complexity index is 323. The van der Waals surface area contributed by atoms with Crippen molar-refractivity contribution in [2.24, 2.45) is 4.99 Å². The minimum atomic E-state index is 0.598. The Morgan fingerprint density at radius 3 is 2.94 bits per heavy atom. The van der Waals surface area contributed by atoms with Crippen molar-refractivity contribution in [3.05, 3.63) is 22.4 Å². The predicted octanol–water partition coefficient (Wildman–Crippen LogP) is 2.55. The first-order valence-corrected chi connectivity index (χ1v) is 8.00. The van der Waals surface area contributed by atoms with Crippen LogP contribution in [0.15, 0.2) is 22.5 Å². The van der Waals surface area contributed by atoms with Gasteiger partial charge in [0.25, 0.3) is 0 Å². The monoisotopic (exact) mass is 271 g/mol. The molecule has 96 valence electrons. The van der Waals surface area contributed by atoms with Crippen LogP contribution >= 0.6 is 23.1 Å². The third-order valence-electron chi connectivity index (χ3n) is 2.28. The van der Waals surface area contributed by atoms with Gasteiger partial charge in [-0.05, 0) is 24.6 Å². The van der Waals surface area contributed by atoms with Crippen molar-refractivity contribution in [1.82, 2.24) is 10.6 Å². The van der Waals surface area contributed by atoms with E-state index < -0.39 is 0 Å². The first-order valence-electron chi connectivity index (χ1n) is 5.83. The van der Waals surface area contributed by atoms with Gasteiger partial charge in [0.1, 0.15) is 0 Å². The van der Waals surface area contributed by atoms with Crippen molar-refractivity contribution in [2.75, 3.05) is 19.3 Å². The summed E-state index contributed by atoms with van der Waals surface area (Å²) >= 11 is 3.60. The van der Waals surface area contributed by atoms with Crippen molar-refractivity contribution in [3.63, 3.8) is 0 Å². The fourth-order valence-corrected chi connectivity index (χ4v) is 2.10. The van der Waals surface area contributed by atoms with Crippen molar-refractivity contribution in [3.8, 4) is 0 Å². The van der Waals surface area contributed by atoms with Crippen LogP contribution in [0.3, 0.4) is 0 Å². The zero-order valence-corrected chi connectivity index (χ0v) is 12.3. The molecule has 0 aliphatic carbocycles. The van der Waals surface area contributed by atoms with Crippen molar-refractivity contribution in [2.45, 2.75) is 25.6 Å². The van der Waals surface area contributed by atoms with Gasteiger partial charge in [-0.15, -0.1) is 11.3 Å². The van der Waals surface area contributed by atoms with Crippen molar-refractivity contribution in [1.29, 1.82) is 0 Å². The Balaban J connectivity index is 2.43. The molecule has 1 heterocycles. The lowest BCUT2D eigenvalue weighted by molar-refractivity contribution is 0.797. The number of aliphatic imine (C=N–C) groups is 1. The number of thioether (sulfide) groups is 1. The predicted molar refractivity (Wildman–Crippen MR) is 80.1 cm³/mol. The Morgan fingerprint density at radius 1 is 1.53 bits per heavy atom. The molecule has 0 aliphatic rings. The summed E-state index contributed by atoms with van der Waals surface area (Å²) in [6, 6.07) is 4.17. The molecule has 17 heavy (non-hydrogen) atoms. The highest BCUT2D eigenvalue weighted by Crippen LogP contribution is 2.09. The van der Waals surface area contributed by atoms with E-state index in [2.05, 4.69) is 53.2 Å². The van der Waals surface area contributed by atoms with Gasteiger partial charge in [0.05, 0.1) is 6.54 Å². The van der Waals surface area contributed by atoms with Crippen LogP contribution in [0.5, 0.6) is 0 Å². The van der Waals surface area contributed by atoms with Gasteiger partial charge in [-0.25, -0.2) is 4.99 Å². The molecular formula is C12H21N3S2. The third-order valence-corrected chi connectivity index (χ3v) is 4.11. The number of rotatable bonds is 6. The molecule has 1 atom stereocenters. The van der Waals surface area contributed by atoms with E-state index in [0.717, 1.165) is 25.6 Å². The van der Waals surface area contributed by atoms with Gasteiger partial charge in [-0.2, -0.15) is 11.8 Å². The molecule has 1 rings (SSSR count). The van der Waals surface area contributed by atoms with Crippen LogP contribution in [0.1, 0.15) is 18.7 Å². The molecule has 0 aromatic carbocycles. The maximum Gasteiger partial charge on any atom is 0.191 e. The van der Waals surface area contributed by atoms with E-state index in [9.17, 15) is 0 Å². The zero-order chi connectivity index (χ0) is 12.5. The first kappa shape index (κ1) is 14.4. The summed E-state index contributed by atoms with van der Waals surface area (Å²) in [5.41, 5.74) is 0. The number of hydrogen-bond donors (Lipinski definition) is 2. The van der Waals surface area contributed by atoms with Crippen LogP contribution in [0, 0.1) is 0 Å². The largest absolute Gasteiger partial charge is 0.357 e. The number of hydrogen-bond acceptors (Lipinski definition) is 3. The Morgan fingerprint density at radius 2 is 2.35 bits per heavy atom. The molecule has 1 aromatic rings. The number of nitrogens with zero attached hydrogens (tertiary/aromatic N) is 1. The molecule has 5 heteroatoms. The highest BCUT2D eigenvalue weighted by molar-refractivity contribution is 7.99. The fourth-order valence-electron chi connectivity index (χ4n) is 1.23. The van der Waals surface area contributed by atoms with Gasteiger partial charge < -0.3 is 10.6 Å². The molecule has 2 N–H and O–H groups in total. The van der Waals surface area contributed by atoms with E-state index in [1.165, 1.54) is 4.88 Å². The number of thiophene rings is 1. The van der Waals surface area contributed by atoms with Crippen molar-refractivity contribution >= 4 is 29.1 Å². The summed E-state index contributed by atoms with van der Waals surface area (Å²) in [6.07, 6.45) is 2.13. The van der Waals surface area contributed by atoms with E-state index in [4.69, 9.17) is 0 Å². The summed E-state index contributed by atoms with van der Waals surface area (Å²) < 4.78 is 0. The SMILES string of the molecule is CCNC(=NCc1cccs1)NCC(C)SC. The Hall–Kier alpha value is -0.680. The summed E-state index contributed by atoms with van der Waals surface area (Å²) in [5.74, 6) is 0.904. The molecule has 0 radical (unpaired) electrons. The van der Waals surface area contributed by atoms with Crippen molar-refractivity contribution < 1.29 is 0 Å². The van der Waals surface area contributed by atoms with Crippen LogP contribution in [-0.2, 0) is 6.54 Å². The molecule has 0 saturated carbocycles. The summed E-state index contributed by atoms with van der Waals surface area (Å²) in [6.45, 7) is 6.88. The molecule has 1 unspecified atom stereocenters. The van der Waals surface area contributed by atoms with Crippen LogP contribution in [0.4, 0.5) is 0 Å². The second kappa shape index (κ2) is 8.42. The molecule has 0 bridgehead atoms. The van der Waals surface area contributed by atoms with E-state index in [0.29, 0.717) is 5.25 Å². The summed E-state index contributed by atoms with van der Waals surface area (Å²) in [4.78, 5) is 5.85. The zero-order valence-electron chi connectivity index (χ0n) is 10.7. The van der Waals surface area contributed by atoms with Crippen LogP contribution < -0.4 is 10.6 Å². The quantitative estimate of drug-likeness (QED) is 0.617. The fraction of sp³-hybridized carbons (Fsp3) is 0.583. The minimum Gasteiger partial charge on any atom is -0.357 e. The van der Waals surface area contributed by atoms with Gasteiger partial charge in [-0.3, -0.25) is 0 Å². The molecule has 0 saturated heterocycles. The van der Waals surface area contributed by atoms with Gasteiger partial charge in [0.15, 0.2) is 5.96 Å². The number of nitrogens with one attached hydrogen (secondary N) is 2. The highest BCUT2D eigenvalue weighted by Gasteiger charge is 2.01. The average Bonchev–Trinajstić information content (AvgIpc) is 2.85. The summed E-state index contributed by atoms with van der Waals surface area (Å²) in [7, 11) is 0. The molecule has 0 amide bonds. The lowest BCUT2D eigenvalue weighted by Crippen LogP contribution is -2.39. The average molecular weight is 271 g/mol. The van der Waals surface area contributed by atoms with E-state index in [1.54, 1.807) is 11.3 Å². The van der Waals surface area contributed by atoms with Crippen LogP contribution in [0.2, 0.25) is 0 Å². The van der Waals surface area contributed by atoms with E-state index in [-0.39, 0.29) is 0 Å². The summed E-state index contributed by atoms with van der Waals surface area (Å²) in [5, 5.41) is 9.30. The van der Waals surface area contributed by atoms with Gasteiger partial charge in [0.2, 0.25) is 0 Å². The van der Waals surface area contributed by atoms with Gasteiger partial charge in [-0.1, -0.05) is 13.0 Å². The topological polar surface area (TPSA) is 36.4 Å². The number of guanidine groups is 1. The Kier molecular flexibility index (Phi) is 7.12. The molecule has 0 fully saturated rings. The van der Waals surface area contributed by atoms with E-state index in [1.807, 2.05) is 11.8 Å². The minimum absolute atomic E-state index is 0.598. The maximum atomic E-state index is 4.56. The van der Waals surface area contributed by atoms with Gasteiger partial charge in [0, 0.05) is 23.2 Å². The Labute approximate surface area is 112 Å². The maximum absolute atomic E-state index is 4.56. The smallest absolute Gasteiger partial charge is 0.191 e. The van der Waals surface area contributed by atoms with Crippen LogP contribution in [0.25, 0.3) is 0 Å². The van der Waals surface area contributed by atoms with Gasteiger partial charge >= 0.3 is 0 Å². The molecular weight excluding hydrogens is 250 g/mol. The second-order valence-electron chi connectivity index (χ2n) is 3.70. The highest BCUT2D eigenvalue weighted by atomic mass is 32.2. The molecule has 0 aliphatic heterocycles. The second-order valence-corrected chi connectivity index (χ2v) is 6.01. The normalized spacial score (nSPS) is 13.5. The molecule has 3 nitrogen and oxygen atoms in total. The standard InChI is InChI=1S/C12H21N3S2/c1-4-13-12(14-8-10(2)16-3)15-9-11-6-5-7-17-11/h5-7,10H,4,8-9H2,1-3H3,(H2,13,14,15).